The predicted octanol–water partition coefficient (Wildman–Crippen LogP) is 5.15. The number of allylic oxidation sites excluding steroid dienone is 1. The van der Waals surface area contributed by atoms with Crippen LogP contribution in [0.4, 0.5) is 0 Å². The molecule has 0 aromatic heterocycles. The van der Waals surface area contributed by atoms with E-state index in [1.54, 1.807) is 12.1 Å². The Morgan fingerprint density at radius 1 is 0.760 bits per heavy atom. The van der Waals surface area contributed by atoms with E-state index in [1.807, 2.05) is 24.3 Å². The first kappa shape index (κ1) is 16.7. The van der Waals surface area contributed by atoms with Crippen LogP contribution < -0.4 is 0 Å². The van der Waals surface area contributed by atoms with Crippen LogP contribution in [0.5, 0.6) is 0 Å². The SMILES string of the molecule is COC(=O)c1ccc(CC=C(c2ccccc2)c2ccccc2)cc1. The van der Waals surface area contributed by atoms with Gasteiger partial charge in [-0.05, 0) is 40.8 Å². The minimum atomic E-state index is -0.309. The summed E-state index contributed by atoms with van der Waals surface area (Å²) in [4.78, 5) is 11.5. The molecular weight excluding hydrogens is 308 g/mol. The number of rotatable bonds is 5. The standard InChI is InChI=1S/C23H20O2/c1-25-23(24)21-15-12-18(13-16-21)14-17-22(19-8-4-2-5-9-19)20-10-6-3-7-11-20/h2-13,15-17H,14H2,1H3. The zero-order chi connectivity index (χ0) is 17.5. The molecule has 124 valence electrons. The van der Waals surface area contributed by atoms with Gasteiger partial charge in [0.2, 0.25) is 0 Å². The maximum absolute atomic E-state index is 11.5. The summed E-state index contributed by atoms with van der Waals surface area (Å²) in [6.45, 7) is 0. The summed E-state index contributed by atoms with van der Waals surface area (Å²) in [5.74, 6) is -0.309. The molecule has 3 aromatic carbocycles. The van der Waals surface area contributed by atoms with Gasteiger partial charge in [-0.15, -0.1) is 0 Å². The highest BCUT2D eigenvalue weighted by Gasteiger charge is 2.06. The molecule has 0 saturated heterocycles. The van der Waals surface area contributed by atoms with Crippen LogP contribution >= 0.6 is 0 Å². The van der Waals surface area contributed by atoms with E-state index < -0.39 is 0 Å². The fourth-order valence-electron chi connectivity index (χ4n) is 2.75. The first-order valence-corrected chi connectivity index (χ1v) is 8.26. The zero-order valence-corrected chi connectivity index (χ0v) is 14.2. The van der Waals surface area contributed by atoms with E-state index in [4.69, 9.17) is 4.74 Å². The molecule has 3 aromatic rings. The van der Waals surface area contributed by atoms with Gasteiger partial charge in [-0.3, -0.25) is 0 Å². The normalized spacial score (nSPS) is 10.1. The smallest absolute Gasteiger partial charge is 0.337 e. The lowest BCUT2D eigenvalue weighted by molar-refractivity contribution is 0.0600. The minimum Gasteiger partial charge on any atom is -0.465 e. The van der Waals surface area contributed by atoms with Gasteiger partial charge in [-0.2, -0.15) is 0 Å². The molecule has 2 heteroatoms. The lowest BCUT2D eigenvalue weighted by atomic mass is 9.96. The third-order valence-corrected chi connectivity index (χ3v) is 4.09. The lowest BCUT2D eigenvalue weighted by Crippen LogP contribution is -2.00. The lowest BCUT2D eigenvalue weighted by Gasteiger charge is -2.09. The van der Waals surface area contributed by atoms with Crippen molar-refractivity contribution in [2.24, 2.45) is 0 Å². The van der Waals surface area contributed by atoms with Crippen molar-refractivity contribution in [2.75, 3.05) is 7.11 Å². The quantitative estimate of drug-likeness (QED) is 0.606. The Hall–Kier alpha value is -3.13. The van der Waals surface area contributed by atoms with Gasteiger partial charge in [0.1, 0.15) is 0 Å². The zero-order valence-electron chi connectivity index (χ0n) is 14.2. The maximum Gasteiger partial charge on any atom is 0.337 e. The molecule has 0 aliphatic rings. The van der Waals surface area contributed by atoms with E-state index in [2.05, 4.69) is 54.6 Å². The van der Waals surface area contributed by atoms with Crippen LogP contribution in [0.3, 0.4) is 0 Å². The second-order valence-corrected chi connectivity index (χ2v) is 5.74. The van der Waals surface area contributed by atoms with Gasteiger partial charge in [0.05, 0.1) is 12.7 Å². The summed E-state index contributed by atoms with van der Waals surface area (Å²) < 4.78 is 4.74. The van der Waals surface area contributed by atoms with E-state index in [9.17, 15) is 4.79 Å². The first-order valence-electron chi connectivity index (χ1n) is 8.26. The molecule has 0 saturated carbocycles. The highest BCUT2D eigenvalue weighted by Crippen LogP contribution is 2.24. The molecule has 0 aliphatic heterocycles. The van der Waals surface area contributed by atoms with Crippen molar-refractivity contribution in [1.82, 2.24) is 0 Å². The summed E-state index contributed by atoms with van der Waals surface area (Å²) in [6.07, 6.45) is 3.03. The molecule has 25 heavy (non-hydrogen) atoms. The van der Waals surface area contributed by atoms with Crippen molar-refractivity contribution >= 4 is 11.5 Å². The number of carbonyl (C=O) groups is 1. The van der Waals surface area contributed by atoms with Crippen LogP contribution in [0.25, 0.3) is 5.57 Å². The number of benzene rings is 3. The van der Waals surface area contributed by atoms with Gasteiger partial charge in [0, 0.05) is 0 Å². The molecule has 0 fully saturated rings. The second-order valence-electron chi connectivity index (χ2n) is 5.74. The maximum atomic E-state index is 11.5. The molecule has 0 amide bonds. The number of methoxy groups -OCH3 is 1. The number of esters is 1. The summed E-state index contributed by atoms with van der Waals surface area (Å²) in [5, 5.41) is 0. The van der Waals surface area contributed by atoms with Crippen LogP contribution in [0.15, 0.2) is 91.0 Å². The largest absolute Gasteiger partial charge is 0.465 e. The molecule has 0 atom stereocenters. The van der Waals surface area contributed by atoms with Gasteiger partial charge in [-0.25, -0.2) is 4.79 Å². The number of carbonyl (C=O) groups excluding carboxylic acids is 1. The van der Waals surface area contributed by atoms with Crippen molar-refractivity contribution < 1.29 is 9.53 Å². The number of ether oxygens (including phenoxy) is 1. The van der Waals surface area contributed by atoms with E-state index in [1.165, 1.54) is 23.8 Å². The summed E-state index contributed by atoms with van der Waals surface area (Å²) >= 11 is 0. The average Bonchev–Trinajstić information content (AvgIpc) is 2.70. The average molecular weight is 328 g/mol. The number of hydrogen-bond donors (Lipinski definition) is 0. The Kier molecular flexibility index (Phi) is 5.43. The van der Waals surface area contributed by atoms with Crippen LogP contribution in [-0.2, 0) is 11.2 Å². The topological polar surface area (TPSA) is 26.3 Å². The fourth-order valence-corrected chi connectivity index (χ4v) is 2.75. The van der Waals surface area contributed by atoms with Gasteiger partial charge in [0.25, 0.3) is 0 Å². The van der Waals surface area contributed by atoms with Gasteiger partial charge in [-0.1, -0.05) is 78.9 Å². The van der Waals surface area contributed by atoms with E-state index in [-0.39, 0.29) is 5.97 Å². The summed E-state index contributed by atoms with van der Waals surface area (Å²) in [7, 11) is 1.39. The van der Waals surface area contributed by atoms with Gasteiger partial charge >= 0.3 is 5.97 Å². The Balaban J connectivity index is 1.88. The summed E-state index contributed by atoms with van der Waals surface area (Å²) in [6, 6.07) is 28.3. The molecule has 0 spiro atoms. The molecule has 3 rings (SSSR count). The highest BCUT2D eigenvalue weighted by atomic mass is 16.5. The third kappa shape index (κ3) is 4.24. The van der Waals surface area contributed by atoms with Crippen molar-refractivity contribution in [2.45, 2.75) is 6.42 Å². The van der Waals surface area contributed by atoms with Crippen molar-refractivity contribution in [3.63, 3.8) is 0 Å². The van der Waals surface area contributed by atoms with Crippen molar-refractivity contribution in [3.8, 4) is 0 Å². The Bertz CT molecular complexity index is 806. The number of hydrogen-bond acceptors (Lipinski definition) is 2. The molecular formula is C23H20O2. The second kappa shape index (κ2) is 8.11. The van der Waals surface area contributed by atoms with E-state index in [0.29, 0.717) is 5.56 Å². The van der Waals surface area contributed by atoms with Gasteiger partial charge < -0.3 is 4.74 Å². The van der Waals surface area contributed by atoms with E-state index in [0.717, 1.165) is 12.0 Å². The van der Waals surface area contributed by atoms with Crippen LogP contribution in [0, 0.1) is 0 Å². The van der Waals surface area contributed by atoms with Crippen LogP contribution in [0.2, 0.25) is 0 Å². The molecule has 0 radical (unpaired) electrons. The van der Waals surface area contributed by atoms with E-state index >= 15 is 0 Å². The highest BCUT2D eigenvalue weighted by molar-refractivity contribution is 5.89. The molecule has 0 N–H and O–H groups in total. The van der Waals surface area contributed by atoms with Crippen molar-refractivity contribution in [1.29, 1.82) is 0 Å². The monoisotopic (exact) mass is 328 g/mol. The molecule has 0 bridgehead atoms. The Labute approximate surface area is 148 Å². The van der Waals surface area contributed by atoms with Crippen LogP contribution in [-0.4, -0.2) is 13.1 Å². The first-order chi connectivity index (χ1) is 12.3. The van der Waals surface area contributed by atoms with Gasteiger partial charge in [0.15, 0.2) is 0 Å². The summed E-state index contributed by atoms with van der Waals surface area (Å²) in [5.41, 5.74) is 5.32. The van der Waals surface area contributed by atoms with Crippen LogP contribution in [0.1, 0.15) is 27.0 Å². The minimum absolute atomic E-state index is 0.309. The fraction of sp³-hybridized carbons (Fsp3) is 0.0870. The predicted molar refractivity (Wildman–Crippen MR) is 101 cm³/mol. The Morgan fingerprint density at radius 2 is 1.28 bits per heavy atom. The molecule has 2 nitrogen and oxygen atoms in total. The molecule has 0 unspecified atom stereocenters. The molecule has 0 heterocycles. The molecule has 0 aliphatic carbocycles. The third-order valence-electron chi connectivity index (χ3n) is 4.09. The van der Waals surface area contributed by atoms with Crippen molar-refractivity contribution in [3.05, 3.63) is 113 Å². The Morgan fingerprint density at radius 3 is 1.76 bits per heavy atom.